The second-order valence-corrected chi connectivity index (χ2v) is 4.05. The van der Waals surface area contributed by atoms with Crippen molar-refractivity contribution < 1.29 is 9.13 Å². The average Bonchev–Trinajstić information content (AvgIpc) is 2.71. The lowest BCUT2D eigenvalue weighted by molar-refractivity contribution is 0.415. The van der Waals surface area contributed by atoms with E-state index in [1.54, 1.807) is 17.9 Å². The highest BCUT2D eigenvalue weighted by Crippen LogP contribution is 2.31. The summed E-state index contributed by atoms with van der Waals surface area (Å²) in [5.74, 6) is 0.319. The first kappa shape index (κ1) is 12.6. The Morgan fingerprint density at radius 2 is 2.22 bits per heavy atom. The standard InChI is InChI=1S/C13H16FN3O/c1-15-7-9-8-17(2)16-13(9)11-6-10(14)4-5-12(11)18-3/h4-6,8,15H,7H2,1-3H3. The Kier molecular flexibility index (Phi) is 3.62. The van der Waals surface area contributed by atoms with Crippen LogP contribution < -0.4 is 10.1 Å². The van der Waals surface area contributed by atoms with E-state index in [1.165, 1.54) is 12.1 Å². The van der Waals surface area contributed by atoms with Crippen molar-refractivity contribution in [2.75, 3.05) is 14.2 Å². The molecule has 2 aromatic rings. The molecule has 0 radical (unpaired) electrons. The summed E-state index contributed by atoms with van der Waals surface area (Å²) in [7, 11) is 5.27. The lowest BCUT2D eigenvalue weighted by Gasteiger charge is -2.08. The lowest BCUT2D eigenvalue weighted by atomic mass is 10.1. The topological polar surface area (TPSA) is 39.1 Å². The normalized spacial score (nSPS) is 10.7. The first-order valence-corrected chi connectivity index (χ1v) is 5.66. The highest BCUT2D eigenvalue weighted by atomic mass is 19.1. The largest absolute Gasteiger partial charge is 0.496 e. The molecular weight excluding hydrogens is 233 g/mol. The first-order chi connectivity index (χ1) is 8.65. The molecule has 2 rings (SSSR count). The van der Waals surface area contributed by atoms with Gasteiger partial charge in [0, 0.05) is 30.9 Å². The molecule has 5 heteroatoms. The Bertz CT molecular complexity index is 551. The third-order valence-corrected chi connectivity index (χ3v) is 2.69. The van der Waals surface area contributed by atoms with Crippen LogP contribution in [-0.2, 0) is 13.6 Å². The van der Waals surface area contributed by atoms with Gasteiger partial charge in [-0.25, -0.2) is 4.39 Å². The minimum Gasteiger partial charge on any atom is -0.496 e. The van der Waals surface area contributed by atoms with Crippen molar-refractivity contribution >= 4 is 0 Å². The molecule has 18 heavy (non-hydrogen) atoms. The van der Waals surface area contributed by atoms with E-state index >= 15 is 0 Å². The fourth-order valence-electron chi connectivity index (χ4n) is 1.95. The summed E-state index contributed by atoms with van der Waals surface area (Å²) in [6.07, 6.45) is 1.91. The number of methoxy groups -OCH3 is 1. The van der Waals surface area contributed by atoms with Gasteiger partial charge in [-0.2, -0.15) is 5.10 Å². The number of benzene rings is 1. The number of hydrogen-bond donors (Lipinski definition) is 1. The molecule has 1 aromatic heterocycles. The van der Waals surface area contributed by atoms with Crippen molar-refractivity contribution in [2.45, 2.75) is 6.54 Å². The smallest absolute Gasteiger partial charge is 0.128 e. The highest BCUT2D eigenvalue weighted by Gasteiger charge is 2.14. The van der Waals surface area contributed by atoms with Crippen LogP contribution in [0.15, 0.2) is 24.4 Å². The van der Waals surface area contributed by atoms with Crippen molar-refractivity contribution in [2.24, 2.45) is 7.05 Å². The van der Waals surface area contributed by atoms with E-state index in [1.807, 2.05) is 20.3 Å². The minimum absolute atomic E-state index is 0.299. The summed E-state index contributed by atoms with van der Waals surface area (Å²) in [5, 5.41) is 7.45. The van der Waals surface area contributed by atoms with Gasteiger partial charge in [0.1, 0.15) is 17.3 Å². The van der Waals surface area contributed by atoms with Crippen molar-refractivity contribution in [1.82, 2.24) is 15.1 Å². The summed E-state index contributed by atoms with van der Waals surface area (Å²) >= 11 is 0. The van der Waals surface area contributed by atoms with Gasteiger partial charge in [0.2, 0.25) is 0 Å². The fourth-order valence-corrected chi connectivity index (χ4v) is 1.95. The molecule has 0 aliphatic carbocycles. The number of rotatable bonds is 4. The van der Waals surface area contributed by atoms with Crippen LogP contribution in [0.1, 0.15) is 5.56 Å². The van der Waals surface area contributed by atoms with Gasteiger partial charge in [0.05, 0.1) is 7.11 Å². The highest BCUT2D eigenvalue weighted by molar-refractivity contribution is 5.69. The number of aromatic nitrogens is 2. The van der Waals surface area contributed by atoms with Gasteiger partial charge >= 0.3 is 0 Å². The molecule has 1 heterocycles. The maximum Gasteiger partial charge on any atom is 0.128 e. The van der Waals surface area contributed by atoms with Crippen LogP contribution in [0.4, 0.5) is 4.39 Å². The van der Waals surface area contributed by atoms with Gasteiger partial charge in [0.15, 0.2) is 0 Å². The predicted molar refractivity (Wildman–Crippen MR) is 67.9 cm³/mol. The molecule has 0 spiro atoms. The van der Waals surface area contributed by atoms with Gasteiger partial charge in [0.25, 0.3) is 0 Å². The van der Waals surface area contributed by atoms with E-state index < -0.39 is 0 Å². The zero-order valence-corrected chi connectivity index (χ0v) is 10.7. The average molecular weight is 249 g/mol. The molecule has 1 aromatic carbocycles. The van der Waals surface area contributed by atoms with Crippen LogP contribution in [0.25, 0.3) is 11.3 Å². The number of halogens is 1. The number of nitrogens with zero attached hydrogens (tertiary/aromatic N) is 2. The quantitative estimate of drug-likeness (QED) is 0.900. The first-order valence-electron chi connectivity index (χ1n) is 5.66. The molecule has 0 bridgehead atoms. The molecule has 0 atom stereocenters. The van der Waals surface area contributed by atoms with Crippen LogP contribution in [0.5, 0.6) is 5.75 Å². The third-order valence-electron chi connectivity index (χ3n) is 2.69. The predicted octanol–water partition coefficient (Wildman–Crippen LogP) is 1.95. The zero-order chi connectivity index (χ0) is 13.1. The molecule has 0 saturated heterocycles. The molecule has 0 fully saturated rings. The number of nitrogens with one attached hydrogen (secondary N) is 1. The van der Waals surface area contributed by atoms with Crippen LogP contribution in [0.2, 0.25) is 0 Å². The van der Waals surface area contributed by atoms with E-state index in [4.69, 9.17) is 4.74 Å². The SMILES string of the molecule is CNCc1cn(C)nc1-c1cc(F)ccc1OC. The molecule has 0 aliphatic heterocycles. The van der Waals surface area contributed by atoms with E-state index in [9.17, 15) is 4.39 Å². The molecule has 0 unspecified atom stereocenters. The molecule has 0 aliphatic rings. The second-order valence-electron chi connectivity index (χ2n) is 4.05. The van der Waals surface area contributed by atoms with Crippen molar-refractivity contribution in [3.05, 3.63) is 35.8 Å². The lowest BCUT2D eigenvalue weighted by Crippen LogP contribution is -2.05. The van der Waals surface area contributed by atoms with Crippen LogP contribution in [0, 0.1) is 5.82 Å². The Morgan fingerprint density at radius 1 is 1.44 bits per heavy atom. The fraction of sp³-hybridized carbons (Fsp3) is 0.308. The van der Waals surface area contributed by atoms with Gasteiger partial charge in [-0.05, 0) is 25.2 Å². The maximum atomic E-state index is 13.4. The summed E-state index contributed by atoms with van der Waals surface area (Å²) in [4.78, 5) is 0. The van der Waals surface area contributed by atoms with Crippen molar-refractivity contribution in [3.63, 3.8) is 0 Å². The van der Waals surface area contributed by atoms with Gasteiger partial charge in [-0.1, -0.05) is 0 Å². The van der Waals surface area contributed by atoms with Crippen molar-refractivity contribution in [1.29, 1.82) is 0 Å². The van der Waals surface area contributed by atoms with E-state index in [0.717, 1.165) is 11.3 Å². The summed E-state index contributed by atoms with van der Waals surface area (Å²) in [6.45, 7) is 0.669. The van der Waals surface area contributed by atoms with Gasteiger partial charge in [-0.3, -0.25) is 4.68 Å². The molecule has 1 N–H and O–H groups in total. The van der Waals surface area contributed by atoms with Crippen LogP contribution in [-0.4, -0.2) is 23.9 Å². The van der Waals surface area contributed by atoms with E-state index in [2.05, 4.69) is 10.4 Å². The van der Waals surface area contributed by atoms with E-state index in [0.29, 0.717) is 17.9 Å². The molecule has 96 valence electrons. The molecule has 0 saturated carbocycles. The van der Waals surface area contributed by atoms with Crippen LogP contribution >= 0.6 is 0 Å². The van der Waals surface area contributed by atoms with Crippen molar-refractivity contribution in [3.8, 4) is 17.0 Å². The Morgan fingerprint density at radius 3 is 2.89 bits per heavy atom. The summed E-state index contributed by atoms with van der Waals surface area (Å²) in [6, 6.07) is 4.44. The number of aryl methyl sites for hydroxylation is 1. The Hall–Kier alpha value is -1.88. The summed E-state index contributed by atoms with van der Waals surface area (Å²) < 4.78 is 20.4. The number of ether oxygens (including phenoxy) is 1. The Balaban J connectivity index is 2.56. The third kappa shape index (κ3) is 2.36. The second kappa shape index (κ2) is 5.18. The summed E-state index contributed by atoms with van der Waals surface area (Å²) in [5.41, 5.74) is 2.41. The molecular formula is C13H16FN3O. The minimum atomic E-state index is -0.299. The number of hydrogen-bond acceptors (Lipinski definition) is 3. The Labute approximate surface area is 105 Å². The van der Waals surface area contributed by atoms with Crippen LogP contribution in [0.3, 0.4) is 0 Å². The monoisotopic (exact) mass is 249 g/mol. The maximum absolute atomic E-state index is 13.4. The van der Waals surface area contributed by atoms with Gasteiger partial charge in [-0.15, -0.1) is 0 Å². The molecule has 4 nitrogen and oxygen atoms in total. The van der Waals surface area contributed by atoms with Gasteiger partial charge < -0.3 is 10.1 Å². The van der Waals surface area contributed by atoms with E-state index in [-0.39, 0.29) is 5.82 Å². The zero-order valence-electron chi connectivity index (χ0n) is 10.7. The molecule has 0 amide bonds.